The van der Waals surface area contributed by atoms with Crippen LogP contribution in [0.1, 0.15) is 38.7 Å². The number of guanidine groups is 1. The van der Waals surface area contributed by atoms with Crippen LogP contribution < -0.4 is 15.4 Å². The van der Waals surface area contributed by atoms with Crippen molar-refractivity contribution < 1.29 is 14.6 Å². The van der Waals surface area contributed by atoms with Crippen molar-refractivity contribution in [2.75, 3.05) is 39.5 Å². The zero-order valence-electron chi connectivity index (χ0n) is 16.4. The van der Waals surface area contributed by atoms with Crippen LogP contribution in [0.5, 0.6) is 5.88 Å². The third-order valence-electron chi connectivity index (χ3n) is 4.47. The number of nitrogens with one attached hydrogen (secondary N) is 2. The molecule has 2 heterocycles. The highest BCUT2D eigenvalue weighted by Gasteiger charge is 2.34. The molecule has 1 aromatic rings. The number of rotatable bonds is 10. The minimum Gasteiger partial charge on any atom is -0.478 e. The van der Waals surface area contributed by atoms with E-state index in [1.165, 1.54) is 0 Å². The highest BCUT2D eigenvalue weighted by molar-refractivity contribution is 14.0. The maximum absolute atomic E-state index is 9.34. The first-order valence-corrected chi connectivity index (χ1v) is 9.50. The van der Waals surface area contributed by atoms with Crippen LogP contribution in [0.3, 0.4) is 0 Å². The van der Waals surface area contributed by atoms with E-state index in [9.17, 15) is 5.11 Å². The Labute approximate surface area is 179 Å². The zero-order chi connectivity index (χ0) is 18.7. The zero-order valence-corrected chi connectivity index (χ0v) is 18.7. The molecular formula is C19H33IN4O3. The van der Waals surface area contributed by atoms with Gasteiger partial charge in [-0.05, 0) is 31.7 Å². The number of aliphatic hydroxyl groups excluding tert-OH is 1. The van der Waals surface area contributed by atoms with E-state index in [4.69, 9.17) is 9.47 Å². The minimum absolute atomic E-state index is 0. The molecule has 8 heteroatoms. The van der Waals surface area contributed by atoms with Crippen molar-refractivity contribution in [3.63, 3.8) is 0 Å². The van der Waals surface area contributed by atoms with Crippen LogP contribution in [-0.4, -0.2) is 55.6 Å². The number of pyridine rings is 1. The molecule has 7 nitrogen and oxygen atoms in total. The van der Waals surface area contributed by atoms with Crippen molar-refractivity contribution in [2.45, 2.75) is 39.7 Å². The Morgan fingerprint density at radius 1 is 1.37 bits per heavy atom. The van der Waals surface area contributed by atoms with Crippen LogP contribution in [0.25, 0.3) is 0 Å². The second kappa shape index (κ2) is 13.1. The molecule has 0 saturated carbocycles. The first-order chi connectivity index (χ1) is 12.7. The lowest BCUT2D eigenvalue weighted by Crippen LogP contribution is -2.44. The molecule has 0 radical (unpaired) electrons. The summed E-state index contributed by atoms with van der Waals surface area (Å²) in [5, 5.41) is 16.0. The summed E-state index contributed by atoms with van der Waals surface area (Å²) < 4.78 is 11.0. The number of nitrogens with zero attached hydrogens (tertiary/aromatic N) is 2. The normalized spacial score (nSPS) is 19.4. The van der Waals surface area contributed by atoms with Gasteiger partial charge in [0.25, 0.3) is 0 Å². The lowest BCUT2D eigenvalue weighted by atomic mass is 9.84. The van der Waals surface area contributed by atoms with Gasteiger partial charge in [0, 0.05) is 44.0 Å². The highest BCUT2D eigenvalue weighted by Crippen LogP contribution is 2.31. The molecule has 1 unspecified atom stereocenters. The van der Waals surface area contributed by atoms with Crippen LogP contribution in [0, 0.1) is 5.41 Å². The Kier molecular flexibility index (Phi) is 11.6. The molecule has 0 spiro atoms. The van der Waals surface area contributed by atoms with E-state index in [-0.39, 0.29) is 36.0 Å². The molecule has 3 N–H and O–H groups in total. The topological polar surface area (TPSA) is 88.0 Å². The summed E-state index contributed by atoms with van der Waals surface area (Å²) in [5.74, 6) is 1.42. The summed E-state index contributed by atoms with van der Waals surface area (Å²) in [5.41, 5.74) is 1.02. The van der Waals surface area contributed by atoms with Crippen molar-refractivity contribution in [2.24, 2.45) is 10.4 Å². The first-order valence-electron chi connectivity index (χ1n) is 9.50. The highest BCUT2D eigenvalue weighted by atomic mass is 127. The molecule has 1 aromatic heterocycles. The molecule has 1 aliphatic heterocycles. The quantitative estimate of drug-likeness (QED) is 0.264. The van der Waals surface area contributed by atoms with E-state index in [0.717, 1.165) is 50.5 Å². The van der Waals surface area contributed by atoms with E-state index in [1.807, 2.05) is 19.1 Å². The van der Waals surface area contributed by atoms with Crippen molar-refractivity contribution in [1.82, 2.24) is 15.6 Å². The summed E-state index contributed by atoms with van der Waals surface area (Å²) in [6.07, 6.45) is 4.47. The third-order valence-corrected chi connectivity index (χ3v) is 4.47. The van der Waals surface area contributed by atoms with Gasteiger partial charge in [0.1, 0.15) is 0 Å². The monoisotopic (exact) mass is 492 g/mol. The van der Waals surface area contributed by atoms with Gasteiger partial charge in [-0.1, -0.05) is 13.0 Å². The van der Waals surface area contributed by atoms with Crippen molar-refractivity contribution >= 4 is 29.9 Å². The van der Waals surface area contributed by atoms with Crippen molar-refractivity contribution in [1.29, 1.82) is 0 Å². The Balaban J connectivity index is 0.00000364. The number of aromatic nitrogens is 1. The molecule has 154 valence electrons. The van der Waals surface area contributed by atoms with Crippen molar-refractivity contribution in [3.05, 3.63) is 23.9 Å². The molecule has 0 aromatic carbocycles. The fraction of sp³-hybridized carbons (Fsp3) is 0.684. The maximum atomic E-state index is 9.34. The minimum atomic E-state index is -0.00916. The second-order valence-electron chi connectivity index (χ2n) is 6.68. The van der Waals surface area contributed by atoms with Gasteiger partial charge < -0.3 is 25.2 Å². The van der Waals surface area contributed by atoms with Gasteiger partial charge in [0.05, 0.1) is 19.8 Å². The summed E-state index contributed by atoms with van der Waals surface area (Å²) in [7, 11) is 0. The molecule has 27 heavy (non-hydrogen) atoms. The number of hydrogen-bond acceptors (Lipinski definition) is 5. The molecule has 1 atom stereocenters. The molecule has 1 saturated heterocycles. The summed E-state index contributed by atoms with van der Waals surface area (Å²) in [4.78, 5) is 8.95. The smallest absolute Gasteiger partial charge is 0.213 e. The van der Waals surface area contributed by atoms with Gasteiger partial charge in [0.2, 0.25) is 5.88 Å². The molecule has 0 bridgehead atoms. The predicted octanol–water partition coefficient (Wildman–Crippen LogP) is 2.33. The Morgan fingerprint density at radius 3 is 2.81 bits per heavy atom. The fourth-order valence-corrected chi connectivity index (χ4v) is 2.89. The number of halogens is 1. The Hall–Kier alpha value is -1.13. The molecular weight excluding hydrogens is 459 g/mol. The second-order valence-corrected chi connectivity index (χ2v) is 6.68. The van der Waals surface area contributed by atoms with E-state index < -0.39 is 0 Å². The van der Waals surface area contributed by atoms with E-state index in [1.54, 1.807) is 6.20 Å². The lowest BCUT2D eigenvalue weighted by Gasteiger charge is -2.27. The largest absolute Gasteiger partial charge is 0.478 e. The SMILES string of the molecule is CCCOc1ccc(CN=C(NCC)NCC2(CCO)CCOC2)cn1.I. The predicted molar refractivity (Wildman–Crippen MR) is 118 cm³/mol. The Morgan fingerprint density at radius 2 is 2.22 bits per heavy atom. The molecule has 1 fully saturated rings. The van der Waals surface area contributed by atoms with Gasteiger partial charge in [-0.3, -0.25) is 0 Å². The fourth-order valence-electron chi connectivity index (χ4n) is 2.89. The molecule has 1 aliphatic rings. The number of aliphatic imine (C=N–C) groups is 1. The van der Waals surface area contributed by atoms with Gasteiger partial charge in [-0.2, -0.15) is 0 Å². The van der Waals surface area contributed by atoms with Crippen molar-refractivity contribution in [3.8, 4) is 5.88 Å². The number of ether oxygens (including phenoxy) is 2. The average molecular weight is 492 g/mol. The van der Waals surface area contributed by atoms with E-state index >= 15 is 0 Å². The van der Waals surface area contributed by atoms with Crippen LogP contribution in [0.2, 0.25) is 0 Å². The number of aliphatic hydroxyl groups is 1. The van der Waals surface area contributed by atoms with Crippen LogP contribution in [0.4, 0.5) is 0 Å². The van der Waals surface area contributed by atoms with Crippen LogP contribution in [0.15, 0.2) is 23.3 Å². The number of hydrogen-bond donors (Lipinski definition) is 3. The third kappa shape index (κ3) is 8.18. The van der Waals surface area contributed by atoms with Crippen LogP contribution in [-0.2, 0) is 11.3 Å². The standard InChI is InChI=1S/C19H32N4O3.HI/c1-3-10-26-17-6-5-16(12-21-17)13-22-18(20-4-2)23-14-19(7-9-24)8-11-25-15-19;/h5-6,12,24H,3-4,7-11,13-15H2,1-2H3,(H2,20,22,23);1H. The van der Waals surface area contributed by atoms with Gasteiger partial charge in [-0.25, -0.2) is 9.98 Å². The average Bonchev–Trinajstić information content (AvgIpc) is 3.12. The molecule has 0 aliphatic carbocycles. The summed E-state index contributed by atoms with van der Waals surface area (Å²) >= 11 is 0. The molecule has 0 amide bonds. The summed E-state index contributed by atoms with van der Waals surface area (Å²) in [6.45, 7) is 8.48. The Bertz CT molecular complexity index is 548. The first kappa shape index (κ1) is 23.9. The van der Waals surface area contributed by atoms with E-state index in [2.05, 4.69) is 27.5 Å². The maximum Gasteiger partial charge on any atom is 0.213 e. The van der Waals surface area contributed by atoms with E-state index in [0.29, 0.717) is 25.6 Å². The van der Waals surface area contributed by atoms with Gasteiger partial charge in [0.15, 0.2) is 5.96 Å². The summed E-state index contributed by atoms with van der Waals surface area (Å²) in [6, 6.07) is 3.87. The van der Waals surface area contributed by atoms with Gasteiger partial charge >= 0.3 is 0 Å². The van der Waals surface area contributed by atoms with Gasteiger partial charge in [-0.15, -0.1) is 24.0 Å². The molecule has 2 rings (SSSR count). The lowest BCUT2D eigenvalue weighted by molar-refractivity contribution is 0.127. The van der Waals surface area contributed by atoms with Crippen LogP contribution >= 0.6 is 24.0 Å².